The predicted octanol–water partition coefficient (Wildman–Crippen LogP) is -3.14. The second-order valence-corrected chi connectivity index (χ2v) is 2.52. The molecule has 0 spiro atoms. The number of nitro groups is 1. The molecule has 0 saturated carbocycles. The van der Waals surface area contributed by atoms with Gasteiger partial charge in [0.15, 0.2) is 5.82 Å². The highest BCUT2D eigenvalue weighted by molar-refractivity contribution is 5.81. The summed E-state index contributed by atoms with van der Waals surface area (Å²) in [5.74, 6) is -5.26. The molecule has 2 aromatic heterocycles. The SMILES string of the molecule is O=C([O-])c1nc2nnc([N+](=O)[O-])c([O-])n2n1. The zero-order valence-corrected chi connectivity index (χ0v) is 7.22. The zero-order valence-electron chi connectivity index (χ0n) is 7.22. The Labute approximate surface area is 85.1 Å². The molecule has 0 aliphatic carbocycles. The summed E-state index contributed by atoms with van der Waals surface area (Å²) in [5.41, 5.74) is 0. The van der Waals surface area contributed by atoms with Crippen molar-refractivity contribution in [3.8, 4) is 5.88 Å². The van der Waals surface area contributed by atoms with E-state index in [1.807, 2.05) is 0 Å². The fourth-order valence-corrected chi connectivity index (χ4v) is 0.935. The van der Waals surface area contributed by atoms with Crippen LogP contribution in [0.2, 0.25) is 0 Å². The largest absolute Gasteiger partial charge is 0.853 e. The standard InChI is InChI=1S/C5H2N6O5/c12-3-2(11(15)16)7-8-5-6-1(4(13)14)9-10(3)5/h12H,(H,13,14)/p-2. The summed E-state index contributed by atoms with van der Waals surface area (Å²) in [5, 5.41) is 41.3. The lowest BCUT2D eigenvalue weighted by atomic mass is 10.6. The number of aromatic carboxylic acids is 1. The fourth-order valence-electron chi connectivity index (χ4n) is 0.935. The second kappa shape index (κ2) is 3.08. The summed E-state index contributed by atoms with van der Waals surface area (Å²) in [6, 6.07) is 0. The zero-order chi connectivity index (χ0) is 11.9. The predicted molar refractivity (Wildman–Crippen MR) is 39.0 cm³/mol. The van der Waals surface area contributed by atoms with Gasteiger partial charge in [-0.1, -0.05) is 0 Å². The maximum Gasteiger partial charge on any atom is 0.401 e. The minimum absolute atomic E-state index is 0.371. The molecule has 0 unspecified atom stereocenters. The van der Waals surface area contributed by atoms with Gasteiger partial charge in [-0.2, -0.15) is 9.50 Å². The first kappa shape index (κ1) is 9.70. The smallest absolute Gasteiger partial charge is 0.401 e. The first-order valence-corrected chi connectivity index (χ1v) is 3.67. The Kier molecular flexibility index (Phi) is 1.87. The van der Waals surface area contributed by atoms with Gasteiger partial charge >= 0.3 is 5.82 Å². The summed E-state index contributed by atoms with van der Waals surface area (Å²) in [6.45, 7) is 0. The lowest BCUT2D eigenvalue weighted by Crippen LogP contribution is -2.23. The molecular weight excluding hydrogens is 224 g/mol. The van der Waals surface area contributed by atoms with Crippen LogP contribution in [-0.2, 0) is 0 Å². The van der Waals surface area contributed by atoms with Gasteiger partial charge < -0.3 is 25.1 Å². The first-order valence-electron chi connectivity index (χ1n) is 3.67. The molecule has 0 atom stereocenters. The van der Waals surface area contributed by atoms with Gasteiger partial charge in [0, 0.05) is 5.10 Å². The van der Waals surface area contributed by atoms with Crippen molar-refractivity contribution in [2.75, 3.05) is 0 Å². The summed E-state index contributed by atoms with van der Waals surface area (Å²) in [6.07, 6.45) is 0. The molecule has 11 heteroatoms. The van der Waals surface area contributed by atoms with Crippen molar-refractivity contribution in [3.05, 3.63) is 15.9 Å². The molecule has 0 radical (unpaired) electrons. The van der Waals surface area contributed by atoms with E-state index in [2.05, 4.69) is 20.3 Å². The van der Waals surface area contributed by atoms with E-state index in [-0.39, 0.29) is 0 Å². The van der Waals surface area contributed by atoms with E-state index in [0.29, 0.717) is 4.52 Å². The fraction of sp³-hybridized carbons (Fsp3) is 0. The van der Waals surface area contributed by atoms with E-state index in [1.54, 1.807) is 0 Å². The molecule has 0 bridgehead atoms. The number of hydrogen-bond donors (Lipinski definition) is 0. The highest BCUT2D eigenvalue weighted by Gasteiger charge is 2.17. The molecule has 0 aliphatic rings. The number of hydrogen-bond acceptors (Lipinski definition) is 9. The van der Waals surface area contributed by atoms with Gasteiger partial charge in [-0.25, -0.2) is 0 Å². The van der Waals surface area contributed by atoms with Crippen LogP contribution in [0.5, 0.6) is 5.88 Å². The molecule has 0 aromatic carbocycles. The van der Waals surface area contributed by atoms with Gasteiger partial charge in [-0.3, -0.25) is 0 Å². The van der Waals surface area contributed by atoms with E-state index in [9.17, 15) is 25.1 Å². The average Bonchev–Trinajstić information content (AvgIpc) is 2.62. The number of fused-ring (bicyclic) bond motifs is 1. The lowest BCUT2D eigenvalue weighted by Gasteiger charge is -2.04. The van der Waals surface area contributed by atoms with Crippen molar-refractivity contribution in [1.82, 2.24) is 24.8 Å². The molecule has 0 saturated heterocycles. The van der Waals surface area contributed by atoms with Crippen LogP contribution in [0.25, 0.3) is 5.78 Å². The molecule has 82 valence electrons. The molecule has 16 heavy (non-hydrogen) atoms. The Bertz CT molecular complexity index is 605. The first-order chi connectivity index (χ1) is 7.50. The van der Waals surface area contributed by atoms with Crippen LogP contribution < -0.4 is 10.2 Å². The summed E-state index contributed by atoms with van der Waals surface area (Å²) >= 11 is 0. The van der Waals surface area contributed by atoms with Crippen LogP contribution in [0.3, 0.4) is 0 Å². The van der Waals surface area contributed by atoms with Crippen LogP contribution in [0.4, 0.5) is 5.82 Å². The van der Waals surface area contributed by atoms with Gasteiger partial charge in [-0.05, 0) is 4.92 Å². The van der Waals surface area contributed by atoms with E-state index in [1.165, 1.54) is 0 Å². The molecule has 2 heterocycles. The quantitative estimate of drug-likeness (QED) is 0.378. The number of nitrogens with zero attached hydrogens (tertiary/aromatic N) is 6. The Morgan fingerprint density at radius 1 is 1.38 bits per heavy atom. The van der Waals surface area contributed by atoms with Crippen molar-refractivity contribution < 1.29 is 19.9 Å². The van der Waals surface area contributed by atoms with Crippen LogP contribution >= 0.6 is 0 Å². The van der Waals surface area contributed by atoms with Crippen LogP contribution in [-0.4, -0.2) is 35.7 Å². The van der Waals surface area contributed by atoms with Crippen molar-refractivity contribution in [3.63, 3.8) is 0 Å². The highest BCUT2D eigenvalue weighted by Crippen LogP contribution is 2.17. The lowest BCUT2D eigenvalue weighted by molar-refractivity contribution is -0.405. The van der Waals surface area contributed by atoms with Crippen molar-refractivity contribution in [2.24, 2.45) is 0 Å². The van der Waals surface area contributed by atoms with Gasteiger partial charge in [0.1, 0.15) is 5.97 Å². The van der Waals surface area contributed by atoms with Gasteiger partial charge in [-0.15, -0.1) is 5.10 Å². The number of carboxylic acid groups (broad SMARTS) is 1. The molecule has 11 nitrogen and oxygen atoms in total. The minimum Gasteiger partial charge on any atom is -0.853 e. The van der Waals surface area contributed by atoms with Crippen LogP contribution in [0.1, 0.15) is 10.6 Å². The van der Waals surface area contributed by atoms with Crippen molar-refractivity contribution >= 4 is 17.6 Å². The maximum absolute atomic E-state index is 11.3. The molecule has 0 amide bonds. The van der Waals surface area contributed by atoms with E-state index in [0.717, 1.165) is 0 Å². The third kappa shape index (κ3) is 1.26. The molecule has 0 fully saturated rings. The van der Waals surface area contributed by atoms with Crippen LogP contribution in [0.15, 0.2) is 0 Å². The third-order valence-electron chi connectivity index (χ3n) is 1.56. The number of carboxylic acids is 1. The third-order valence-corrected chi connectivity index (χ3v) is 1.56. The maximum atomic E-state index is 11.3. The Morgan fingerprint density at radius 3 is 2.62 bits per heavy atom. The highest BCUT2D eigenvalue weighted by atomic mass is 16.6. The molecule has 2 rings (SSSR count). The summed E-state index contributed by atoms with van der Waals surface area (Å²) in [7, 11) is 0. The molecule has 0 aliphatic heterocycles. The van der Waals surface area contributed by atoms with Crippen LogP contribution in [0, 0.1) is 10.1 Å². The normalized spacial score (nSPS) is 10.5. The number of carbonyl (C=O) groups excluding carboxylic acids is 1. The average molecular weight is 224 g/mol. The summed E-state index contributed by atoms with van der Waals surface area (Å²) < 4.78 is 0.371. The van der Waals surface area contributed by atoms with Gasteiger partial charge in [0.05, 0.1) is 11.0 Å². The molecule has 2 aromatic rings. The number of rotatable bonds is 2. The van der Waals surface area contributed by atoms with Gasteiger partial charge in [0.2, 0.25) is 0 Å². The Balaban J connectivity index is 2.74. The topological polar surface area (TPSA) is 162 Å². The van der Waals surface area contributed by atoms with Gasteiger partial charge in [0.25, 0.3) is 5.78 Å². The summed E-state index contributed by atoms with van der Waals surface area (Å²) in [4.78, 5) is 22.9. The molecular formula is C5N6O5-2. The van der Waals surface area contributed by atoms with Crippen molar-refractivity contribution in [1.29, 1.82) is 0 Å². The minimum atomic E-state index is -1.73. The molecule has 0 N–H and O–H groups in total. The number of carbonyl (C=O) groups is 1. The Hall–Kier alpha value is -2.85. The van der Waals surface area contributed by atoms with E-state index < -0.39 is 34.2 Å². The van der Waals surface area contributed by atoms with E-state index >= 15 is 0 Å². The van der Waals surface area contributed by atoms with Crippen molar-refractivity contribution in [2.45, 2.75) is 0 Å². The van der Waals surface area contributed by atoms with E-state index in [4.69, 9.17) is 0 Å². The Morgan fingerprint density at radius 2 is 2.06 bits per heavy atom. The monoisotopic (exact) mass is 224 g/mol. The second-order valence-electron chi connectivity index (χ2n) is 2.52. The number of aromatic nitrogens is 5.